The molecular weight excluding hydrogens is 442 g/mol. The molecule has 0 aliphatic carbocycles. The van der Waals surface area contributed by atoms with Crippen molar-refractivity contribution < 1.29 is 50.3 Å². The Labute approximate surface area is 178 Å². The third-order valence-corrected chi connectivity index (χ3v) is 5.47. The Morgan fingerprint density at radius 3 is 2.00 bits per heavy atom. The first kappa shape index (κ1) is 26.4. The zero-order valence-corrected chi connectivity index (χ0v) is 18.2. The van der Waals surface area contributed by atoms with E-state index in [2.05, 4.69) is 4.74 Å². The van der Waals surface area contributed by atoms with Crippen LogP contribution in [0.25, 0.3) is 0 Å². The number of carbonyl (C=O) groups excluding carboxylic acids is 3. The van der Waals surface area contributed by atoms with Gasteiger partial charge in [0.2, 0.25) is 0 Å². The number of alkyl halides is 2. The molecular formula is C19H24F2O9S. The average molecular weight is 466 g/mol. The molecule has 174 valence electrons. The summed E-state index contributed by atoms with van der Waals surface area (Å²) in [6, 6.07) is 4.93. The van der Waals surface area contributed by atoms with Gasteiger partial charge in [-0.3, -0.25) is 9.35 Å². The second kappa shape index (κ2) is 10.1. The van der Waals surface area contributed by atoms with Gasteiger partial charge in [-0.05, 0) is 39.3 Å². The summed E-state index contributed by atoms with van der Waals surface area (Å²) in [5.41, 5.74) is -1.51. The third-order valence-electron chi connectivity index (χ3n) is 4.45. The van der Waals surface area contributed by atoms with E-state index < -0.39 is 50.4 Å². The Balaban J connectivity index is 2.81. The summed E-state index contributed by atoms with van der Waals surface area (Å²) in [5, 5.41) is -4.76. The fourth-order valence-corrected chi connectivity index (χ4v) is 2.50. The van der Waals surface area contributed by atoms with Gasteiger partial charge in [-0.2, -0.15) is 17.2 Å². The molecule has 1 atom stereocenters. The van der Waals surface area contributed by atoms with Crippen LogP contribution in [0.5, 0.6) is 0 Å². The second-order valence-corrected chi connectivity index (χ2v) is 8.63. The molecule has 1 N–H and O–H groups in total. The molecule has 0 aromatic heterocycles. The lowest BCUT2D eigenvalue weighted by molar-refractivity contribution is -0.155. The number of ether oxygens (including phenoxy) is 3. The van der Waals surface area contributed by atoms with Crippen LogP contribution >= 0.6 is 0 Å². The van der Waals surface area contributed by atoms with E-state index in [4.69, 9.17) is 14.0 Å². The van der Waals surface area contributed by atoms with Crippen molar-refractivity contribution in [2.45, 2.75) is 45.5 Å². The highest BCUT2D eigenvalue weighted by Crippen LogP contribution is 2.28. The number of hydrogen-bond donors (Lipinski definition) is 1. The van der Waals surface area contributed by atoms with Crippen LogP contribution in [-0.2, 0) is 29.1 Å². The standard InChI is InChI=1S/C19H24F2O9S/c1-5-18(3,4)17(24)29-11-10-28-15(22)13-8-6-7-9-14(13)16(23)30-12(2)19(20,21)31(25,26)27/h6-9,12H,5,10-11H2,1-4H3,(H,25,26,27). The molecule has 0 aliphatic heterocycles. The Kier molecular flexibility index (Phi) is 8.65. The quantitative estimate of drug-likeness (QED) is 0.239. The van der Waals surface area contributed by atoms with Gasteiger partial charge in [-0.1, -0.05) is 19.1 Å². The first-order valence-electron chi connectivity index (χ1n) is 9.14. The van der Waals surface area contributed by atoms with Gasteiger partial charge >= 0.3 is 33.3 Å². The molecule has 1 aromatic rings. The monoisotopic (exact) mass is 466 g/mol. The molecule has 0 bridgehead atoms. The van der Waals surface area contributed by atoms with Gasteiger partial charge in [-0.15, -0.1) is 0 Å². The van der Waals surface area contributed by atoms with Crippen molar-refractivity contribution in [2.75, 3.05) is 13.2 Å². The number of hydrogen-bond acceptors (Lipinski definition) is 8. The topological polar surface area (TPSA) is 133 Å². The smallest absolute Gasteiger partial charge is 0.405 e. The van der Waals surface area contributed by atoms with E-state index in [1.165, 1.54) is 12.1 Å². The molecule has 1 aromatic carbocycles. The molecule has 0 saturated carbocycles. The van der Waals surface area contributed by atoms with E-state index in [0.717, 1.165) is 12.1 Å². The third kappa shape index (κ3) is 6.69. The predicted octanol–water partition coefficient (Wildman–Crippen LogP) is 2.85. The van der Waals surface area contributed by atoms with E-state index in [9.17, 15) is 31.6 Å². The maximum Gasteiger partial charge on any atom is 0.405 e. The van der Waals surface area contributed by atoms with E-state index >= 15 is 0 Å². The van der Waals surface area contributed by atoms with Crippen molar-refractivity contribution >= 4 is 28.0 Å². The summed E-state index contributed by atoms with van der Waals surface area (Å²) in [5.74, 6) is -2.93. The zero-order valence-electron chi connectivity index (χ0n) is 17.4. The Bertz CT molecular complexity index is 926. The van der Waals surface area contributed by atoms with Crippen molar-refractivity contribution in [1.29, 1.82) is 0 Å². The highest BCUT2D eigenvalue weighted by Gasteiger charge is 2.52. The van der Waals surface area contributed by atoms with Gasteiger partial charge in [0.1, 0.15) is 13.2 Å². The number of rotatable bonds is 10. The van der Waals surface area contributed by atoms with Gasteiger partial charge in [0.25, 0.3) is 0 Å². The van der Waals surface area contributed by atoms with E-state index in [1.807, 2.05) is 6.92 Å². The van der Waals surface area contributed by atoms with Crippen molar-refractivity contribution in [2.24, 2.45) is 5.41 Å². The summed E-state index contributed by atoms with van der Waals surface area (Å²) < 4.78 is 71.7. The average Bonchev–Trinajstić information content (AvgIpc) is 2.69. The molecule has 12 heteroatoms. The lowest BCUT2D eigenvalue weighted by Gasteiger charge is -2.21. The second-order valence-electron chi connectivity index (χ2n) is 7.14. The molecule has 9 nitrogen and oxygen atoms in total. The van der Waals surface area contributed by atoms with Crippen LogP contribution in [0.1, 0.15) is 54.8 Å². The first-order chi connectivity index (χ1) is 14.1. The van der Waals surface area contributed by atoms with Crippen LogP contribution in [0.4, 0.5) is 8.78 Å². The summed E-state index contributed by atoms with van der Waals surface area (Å²) >= 11 is 0. The first-order valence-corrected chi connectivity index (χ1v) is 10.6. The molecule has 1 rings (SSSR count). The van der Waals surface area contributed by atoms with Crippen molar-refractivity contribution in [3.05, 3.63) is 35.4 Å². The summed E-state index contributed by atoms with van der Waals surface area (Å²) in [6.45, 7) is 5.19. The lowest BCUT2D eigenvalue weighted by Crippen LogP contribution is -2.42. The Hall–Kier alpha value is -2.60. The van der Waals surface area contributed by atoms with Gasteiger partial charge in [0.05, 0.1) is 16.5 Å². The minimum absolute atomic E-state index is 0.238. The van der Waals surface area contributed by atoms with Crippen molar-refractivity contribution in [3.8, 4) is 0 Å². The maximum absolute atomic E-state index is 13.6. The van der Waals surface area contributed by atoms with Crippen LogP contribution in [0.3, 0.4) is 0 Å². The summed E-state index contributed by atoms with van der Waals surface area (Å²) in [4.78, 5) is 36.3. The van der Waals surface area contributed by atoms with E-state index in [-0.39, 0.29) is 18.8 Å². The van der Waals surface area contributed by atoms with Gasteiger partial charge in [0, 0.05) is 0 Å². The van der Waals surface area contributed by atoms with Gasteiger partial charge in [0.15, 0.2) is 6.10 Å². The molecule has 0 fully saturated rings. The molecule has 0 saturated heterocycles. The molecule has 1 unspecified atom stereocenters. The Morgan fingerprint density at radius 1 is 1.03 bits per heavy atom. The maximum atomic E-state index is 13.6. The summed E-state index contributed by atoms with van der Waals surface area (Å²) in [7, 11) is -5.83. The summed E-state index contributed by atoms with van der Waals surface area (Å²) in [6.07, 6.45) is -2.00. The van der Waals surface area contributed by atoms with Crippen molar-refractivity contribution in [3.63, 3.8) is 0 Å². The number of carbonyl (C=O) groups is 3. The van der Waals surface area contributed by atoms with E-state index in [0.29, 0.717) is 13.3 Å². The molecule has 0 aliphatic rings. The van der Waals surface area contributed by atoms with Gasteiger partial charge < -0.3 is 14.2 Å². The number of halogens is 2. The zero-order chi connectivity index (χ0) is 24.0. The minimum atomic E-state index is -5.83. The number of benzene rings is 1. The predicted molar refractivity (Wildman–Crippen MR) is 103 cm³/mol. The molecule has 0 heterocycles. The van der Waals surface area contributed by atoms with Crippen LogP contribution in [-0.4, -0.2) is 55.5 Å². The van der Waals surface area contributed by atoms with Crippen molar-refractivity contribution in [1.82, 2.24) is 0 Å². The van der Waals surface area contributed by atoms with Crippen LogP contribution in [0, 0.1) is 5.41 Å². The van der Waals surface area contributed by atoms with E-state index in [1.54, 1.807) is 13.8 Å². The molecule has 31 heavy (non-hydrogen) atoms. The van der Waals surface area contributed by atoms with Crippen LogP contribution in [0.15, 0.2) is 24.3 Å². The normalized spacial score (nSPS) is 13.3. The number of esters is 3. The van der Waals surface area contributed by atoms with Gasteiger partial charge in [-0.25, -0.2) is 9.59 Å². The Morgan fingerprint density at radius 2 is 1.52 bits per heavy atom. The molecule has 0 radical (unpaired) electrons. The fraction of sp³-hybridized carbons (Fsp3) is 0.526. The SMILES string of the molecule is CCC(C)(C)C(=O)OCCOC(=O)c1ccccc1C(=O)OC(C)C(F)(F)S(=O)(=O)O. The largest absolute Gasteiger partial charge is 0.462 e. The highest BCUT2D eigenvalue weighted by molar-refractivity contribution is 7.86. The molecule has 0 spiro atoms. The highest BCUT2D eigenvalue weighted by atomic mass is 32.2. The fourth-order valence-electron chi connectivity index (χ4n) is 2.03. The lowest BCUT2D eigenvalue weighted by atomic mass is 9.91. The van der Waals surface area contributed by atoms with Crippen LogP contribution < -0.4 is 0 Å². The van der Waals surface area contributed by atoms with Crippen LogP contribution in [0.2, 0.25) is 0 Å². The molecule has 0 amide bonds. The minimum Gasteiger partial charge on any atom is -0.462 e.